The van der Waals surface area contributed by atoms with Crippen LogP contribution < -0.4 is 4.31 Å². The highest BCUT2D eigenvalue weighted by atomic mass is 79.9. The number of aryl methyl sites for hydroxylation is 1. The predicted octanol–water partition coefficient (Wildman–Crippen LogP) is 5.20. The van der Waals surface area contributed by atoms with Gasteiger partial charge in [0.05, 0.1) is 29.1 Å². The van der Waals surface area contributed by atoms with Gasteiger partial charge in [-0.2, -0.15) is 0 Å². The number of benzene rings is 3. The second kappa shape index (κ2) is 9.96. The molecule has 0 fully saturated rings. The summed E-state index contributed by atoms with van der Waals surface area (Å²) in [4.78, 5) is 12.7. The fourth-order valence-electron chi connectivity index (χ4n) is 5.09. The molecule has 0 saturated heterocycles. The molecule has 2 aliphatic rings. The second-order valence-electron chi connectivity index (χ2n) is 9.04. The van der Waals surface area contributed by atoms with Crippen molar-refractivity contribution in [3.8, 4) is 0 Å². The number of anilines is 1. The van der Waals surface area contributed by atoms with E-state index in [2.05, 4.69) is 15.9 Å². The van der Waals surface area contributed by atoms with Crippen LogP contribution in [0, 0.1) is 12.8 Å². The number of aliphatic hydroxyl groups is 1. The van der Waals surface area contributed by atoms with E-state index < -0.39 is 40.2 Å². The summed E-state index contributed by atoms with van der Waals surface area (Å²) in [6.45, 7) is 3.74. The Morgan fingerprint density at radius 3 is 2.51 bits per heavy atom. The summed E-state index contributed by atoms with van der Waals surface area (Å²) in [6, 6.07) is 20.4. The Balaban J connectivity index is 1.77. The summed E-state index contributed by atoms with van der Waals surface area (Å²) in [5.41, 5.74) is 2.75. The topological polar surface area (TPSA) is 93.1 Å². The summed E-state index contributed by atoms with van der Waals surface area (Å²) >= 11 is 3.50. The van der Waals surface area contributed by atoms with Gasteiger partial charge in [-0.05, 0) is 61.4 Å². The van der Waals surface area contributed by atoms with Crippen LogP contribution in [0.1, 0.15) is 35.6 Å². The smallest absolute Gasteiger partial charge is 0.373 e. The zero-order valence-corrected chi connectivity index (χ0v) is 22.6. The Morgan fingerprint density at radius 2 is 1.81 bits per heavy atom. The summed E-state index contributed by atoms with van der Waals surface area (Å²) in [6.07, 6.45) is 0.164. The van der Waals surface area contributed by atoms with E-state index in [0.29, 0.717) is 16.8 Å². The Hall–Kier alpha value is -3.14. The SMILES string of the molecule is CCOC(=O)C1=C[C@@H]2c3ccccc3N(S(=O)(=O)c3ccc(C)cc3)[C@H](c3cccc(Br)c3)[C@H]2[C@@H](O)O1. The van der Waals surface area contributed by atoms with Gasteiger partial charge < -0.3 is 14.6 Å². The number of hydrogen-bond acceptors (Lipinski definition) is 6. The number of nitrogens with zero attached hydrogens (tertiary/aromatic N) is 1. The van der Waals surface area contributed by atoms with Crippen LogP contribution in [0.3, 0.4) is 0 Å². The maximum atomic E-state index is 14.3. The molecule has 4 atom stereocenters. The molecule has 3 aromatic rings. The van der Waals surface area contributed by atoms with Crippen molar-refractivity contribution in [1.82, 2.24) is 0 Å². The highest BCUT2D eigenvalue weighted by Crippen LogP contribution is 2.54. The number of fused-ring (bicyclic) bond motifs is 3. The normalized spacial score (nSPS) is 22.8. The molecule has 0 saturated carbocycles. The summed E-state index contributed by atoms with van der Waals surface area (Å²) in [7, 11) is -4.08. The molecule has 0 aromatic heterocycles. The lowest BCUT2D eigenvalue weighted by atomic mass is 9.73. The molecule has 1 N–H and O–H groups in total. The van der Waals surface area contributed by atoms with Crippen molar-refractivity contribution in [1.29, 1.82) is 0 Å². The number of allylic oxidation sites excluding steroid dienone is 1. The van der Waals surface area contributed by atoms with E-state index in [1.165, 1.54) is 4.31 Å². The van der Waals surface area contributed by atoms with E-state index in [9.17, 15) is 18.3 Å². The number of sulfonamides is 1. The number of ether oxygens (including phenoxy) is 2. The molecular weight excluding hydrogens is 558 g/mol. The maximum absolute atomic E-state index is 14.3. The van der Waals surface area contributed by atoms with Gasteiger partial charge >= 0.3 is 5.97 Å². The van der Waals surface area contributed by atoms with Crippen molar-refractivity contribution in [2.24, 2.45) is 5.92 Å². The lowest BCUT2D eigenvalue weighted by Gasteiger charge is -2.48. The van der Waals surface area contributed by atoms with Gasteiger partial charge in [0.1, 0.15) is 0 Å². The average Bonchev–Trinajstić information content (AvgIpc) is 2.88. The van der Waals surface area contributed by atoms with Crippen molar-refractivity contribution < 1.29 is 27.8 Å². The van der Waals surface area contributed by atoms with E-state index >= 15 is 0 Å². The van der Waals surface area contributed by atoms with Crippen LogP contribution in [0.15, 0.2) is 94.0 Å². The van der Waals surface area contributed by atoms with E-state index in [0.717, 1.165) is 10.0 Å². The van der Waals surface area contributed by atoms with Crippen LogP contribution in [0.5, 0.6) is 0 Å². The van der Waals surface area contributed by atoms with Gasteiger partial charge in [0, 0.05) is 10.4 Å². The van der Waals surface area contributed by atoms with Crippen molar-refractivity contribution in [2.75, 3.05) is 10.9 Å². The van der Waals surface area contributed by atoms with Crippen molar-refractivity contribution in [3.05, 3.63) is 106 Å². The molecule has 2 aliphatic heterocycles. The summed E-state index contributed by atoms with van der Waals surface area (Å²) in [5.74, 6) is -2.02. The first kappa shape index (κ1) is 25.5. The van der Waals surface area contributed by atoms with Crippen LogP contribution >= 0.6 is 15.9 Å². The number of esters is 1. The molecular formula is C28H26BrNO6S. The molecule has 0 spiro atoms. The molecule has 0 unspecified atom stereocenters. The van der Waals surface area contributed by atoms with Crippen LogP contribution in [-0.2, 0) is 24.3 Å². The number of carbonyl (C=O) groups is 1. The Bertz CT molecular complexity index is 1470. The van der Waals surface area contributed by atoms with Crippen LogP contribution in [0.2, 0.25) is 0 Å². The number of rotatable bonds is 5. The van der Waals surface area contributed by atoms with Gasteiger partial charge in [0.2, 0.25) is 12.0 Å². The van der Waals surface area contributed by atoms with E-state index in [1.54, 1.807) is 49.4 Å². The number of aliphatic hydroxyl groups excluding tert-OH is 1. The molecule has 7 nitrogen and oxygen atoms in total. The van der Waals surface area contributed by atoms with E-state index in [1.807, 2.05) is 43.3 Å². The van der Waals surface area contributed by atoms with Gasteiger partial charge in [0.25, 0.3) is 10.0 Å². The molecule has 5 rings (SSSR count). The largest absolute Gasteiger partial charge is 0.460 e. The lowest BCUT2D eigenvalue weighted by Crippen LogP contribution is -2.50. The molecule has 0 bridgehead atoms. The fourth-order valence-corrected chi connectivity index (χ4v) is 7.21. The Morgan fingerprint density at radius 1 is 1.08 bits per heavy atom. The zero-order chi connectivity index (χ0) is 26.3. The Kier molecular flexibility index (Phi) is 6.87. The molecule has 37 heavy (non-hydrogen) atoms. The second-order valence-corrected chi connectivity index (χ2v) is 11.8. The van der Waals surface area contributed by atoms with Gasteiger partial charge in [0.15, 0.2) is 0 Å². The molecule has 2 heterocycles. The first-order chi connectivity index (χ1) is 17.7. The summed E-state index contributed by atoms with van der Waals surface area (Å²) < 4.78 is 41.5. The molecule has 192 valence electrons. The first-order valence-corrected chi connectivity index (χ1v) is 14.1. The number of carbonyl (C=O) groups excluding carboxylic acids is 1. The highest BCUT2D eigenvalue weighted by Gasteiger charge is 2.52. The monoisotopic (exact) mass is 583 g/mol. The van der Waals surface area contributed by atoms with Crippen molar-refractivity contribution >= 4 is 37.6 Å². The minimum absolute atomic E-state index is 0.0896. The predicted molar refractivity (Wildman–Crippen MR) is 142 cm³/mol. The number of halogens is 1. The minimum Gasteiger partial charge on any atom is -0.460 e. The third kappa shape index (κ3) is 4.56. The lowest BCUT2D eigenvalue weighted by molar-refractivity contribution is -0.161. The maximum Gasteiger partial charge on any atom is 0.373 e. The molecule has 0 radical (unpaired) electrons. The van der Waals surface area contributed by atoms with Gasteiger partial charge in [-0.3, -0.25) is 4.31 Å². The quantitative estimate of drug-likeness (QED) is 0.415. The molecule has 9 heteroatoms. The third-order valence-corrected chi connectivity index (χ3v) is 9.02. The van der Waals surface area contributed by atoms with Crippen LogP contribution in [0.4, 0.5) is 5.69 Å². The standard InChI is InChI=1S/C28H26BrNO6S/c1-3-35-27(31)24-16-22-21-9-4-5-10-23(21)30(37(33,34)20-13-11-17(2)12-14-20)26(25(22)28(32)36-24)18-7-6-8-19(29)15-18/h4-16,22,25-26,28,32H,3H2,1-2H3/t22-,25+,26-,28+/m1/s1. The average molecular weight is 584 g/mol. The van der Waals surface area contributed by atoms with Crippen molar-refractivity contribution in [3.63, 3.8) is 0 Å². The zero-order valence-electron chi connectivity index (χ0n) is 20.2. The van der Waals surface area contributed by atoms with Crippen LogP contribution in [-0.4, -0.2) is 32.4 Å². The number of para-hydroxylation sites is 1. The van der Waals surface area contributed by atoms with E-state index in [-0.39, 0.29) is 17.3 Å². The van der Waals surface area contributed by atoms with E-state index in [4.69, 9.17) is 9.47 Å². The molecule has 0 amide bonds. The third-order valence-electron chi connectivity index (χ3n) is 6.72. The molecule has 0 aliphatic carbocycles. The Labute approximate surface area is 224 Å². The first-order valence-electron chi connectivity index (χ1n) is 11.9. The highest BCUT2D eigenvalue weighted by molar-refractivity contribution is 9.10. The van der Waals surface area contributed by atoms with Gasteiger partial charge in [-0.1, -0.05) is 64.0 Å². The van der Waals surface area contributed by atoms with Crippen molar-refractivity contribution in [2.45, 2.75) is 37.0 Å². The molecule has 3 aromatic carbocycles. The van der Waals surface area contributed by atoms with Crippen LogP contribution in [0.25, 0.3) is 0 Å². The minimum atomic E-state index is -4.08. The van der Waals surface area contributed by atoms with Gasteiger partial charge in [-0.25, -0.2) is 13.2 Å². The summed E-state index contributed by atoms with van der Waals surface area (Å²) in [5, 5.41) is 11.3. The number of hydrogen-bond donors (Lipinski definition) is 1. The fraction of sp³-hybridized carbons (Fsp3) is 0.250. The van der Waals surface area contributed by atoms with Gasteiger partial charge in [-0.15, -0.1) is 0 Å².